The number of thiophene rings is 1. The molecule has 1 aliphatic rings. The van der Waals surface area contributed by atoms with Crippen molar-refractivity contribution >= 4 is 87.2 Å². The van der Waals surface area contributed by atoms with Gasteiger partial charge in [0.05, 0.1) is 38.3 Å². The second kappa shape index (κ2) is 10.4. The van der Waals surface area contributed by atoms with Crippen molar-refractivity contribution in [2.45, 2.75) is 6.29 Å². The van der Waals surface area contributed by atoms with Crippen molar-refractivity contribution in [1.82, 2.24) is 9.13 Å². The molecule has 11 rings (SSSR count). The van der Waals surface area contributed by atoms with Gasteiger partial charge in [-0.2, -0.15) is 0 Å². The van der Waals surface area contributed by atoms with Crippen LogP contribution in [0.2, 0.25) is 0 Å². The van der Waals surface area contributed by atoms with Crippen molar-refractivity contribution in [1.29, 1.82) is 0 Å². The molecular formula is C45H30N4S. The molecule has 7 aromatic carbocycles. The van der Waals surface area contributed by atoms with Gasteiger partial charge in [-0.05, 0) is 65.4 Å². The van der Waals surface area contributed by atoms with E-state index in [0.29, 0.717) is 0 Å². The molecule has 5 heteroatoms. The SMILES string of the molecule is CN1c2c(sc3ccccc23)C(c2ccc3c(c2)c2ccccc2n3-c2ccccc2)=NC1n1c2ccccc2c2cc3ccccc3cc21. The van der Waals surface area contributed by atoms with E-state index < -0.39 is 0 Å². The van der Waals surface area contributed by atoms with Crippen LogP contribution in [0.5, 0.6) is 0 Å². The molecule has 1 aliphatic heterocycles. The smallest absolute Gasteiger partial charge is 0.203 e. The maximum absolute atomic E-state index is 5.75. The standard InChI is InChI=1S/C45H30N4S/c1-47-43-34-19-9-12-22-41(34)50-44(43)42(30-23-24-39-35(26-30)32-17-7-10-20-37(32)48(39)31-15-3-2-4-16-31)46-45(47)49-38-21-11-8-18-33(38)36-25-28-13-5-6-14-29(28)27-40(36)49/h2-27,45H,1H3. The van der Waals surface area contributed by atoms with Gasteiger partial charge in [0.2, 0.25) is 6.29 Å². The first-order chi connectivity index (χ1) is 24.7. The molecule has 0 N–H and O–H groups in total. The number of hydrogen-bond acceptors (Lipinski definition) is 3. The third-order valence-electron chi connectivity index (χ3n) is 10.5. The van der Waals surface area contributed by atoms with Crippen LogP contribution in [0.1, 0.15) is 16.7 Å². The van der Waals surface area contributed by atoms with Gasteiger partial charge in [0.1, 0.15) is 0 Å². The molecule has 4 heterocycles. The largest absolute Gasteiger partial charge is 0.334 e. The van der Waals surface area contributed by atoms with Crippen LogP contribution < -0.4 is 4.90 Å². The number of aliphatic imine (C=N–C) groups is 1. The van der Waals surface area contributed by atoms with E-state index in [-0.39, 0.29) is 6.29 Å². The summed E-state index contributed by atoms with van der Waals surface area (Å²) >= 11 is 1.84. The molecule has 236 valence electrons. The first kappa shape index (κ1) is 27.7. The highest BCUT2D eigenvalue weighted by atomic mass is 32.1. The molecule has 0 saturated heterocycles. The normalized spacial score (nSPS) is 14.8. The van der Waals surface area contributed by atoms with E-state index in [4.69, 9.17) is 4.99 Å². The average molecular weight is 659 g/mol. The van der Waals surface area contributed by atoms with E-state index in [1.165, 1.54) is 75.0 Å². The van der Waals surface area contributed by atoms with Crippen LogP contribution in [0, 0.1) is 0 Å². The van der Waals surface area contributed by atoms with Gasteiger partial charge in [-0.15, -0.1) is 11.3 Å². The summed E-state index contributed by atoms with van der Waals surface area (Å²) in [5, 5.41) is 8.71. The minimum atomic E-state index is -0.291. The summed E-state index contributed by atoms with van der Waals surface area (Å²) in [5.74, 6) is 0. The molecule has 10 aromatic rings. The Labute approximate surface area is 292 Å². The molecule has 0 saturated carbocycles. The number of fused-ring (bicyclic) bond motifs is 10. The van der Waals surface area contributed by atoms with Crippen molar-refractivity contribution in [3.63, 3.8) is 0 Å². The van der Waals surface area contributed by atoms with Gasteiger partial charge < -0.3 is 14.0 Å². The summed E-state index contributed by atoms with van der Waals surface area (Å²) in [6, 6.07) is 57.3. The molecule has 0 aliphatic carbocycles. The predicted molar refractivity (Wildman–Crippen MR) is 213 cm³/mol. The van der Waals surface area contributed by atoms with E-state index in [1.807, 2.05) is 11.3 Å². The maximum Gasteiger partial charge on any atom is 0.203 e. The van der Waals surface area contributed by atoms with E-state index in [1.54, 1.807) is 0 Å². The number of nitrogens with zero attached hydrogens (tertiary/aromatic N) is 4. The van der Waals surface area contributed by atoms with Crippen LogP contribution in [0.4, 0.5) is 5.69 Å². The highest BCUT2D eigenvalue weighted by Gasteiger charge is 2.33. The summed E-state index contributed by atoms with van der Waals surface area (Å²) in [4.78, 5) is 9.35. The van der Waals surface area contributed by atoms with E-state index in [0.717, 1.165) is 17.0 Å². The Hall–Kier alpha value is -6.17. The number of para-hydroxylation sites is 3. The topological polar surface area (TPSA) is 25.5 Å². The minimum Gasteiger partial charge on any atom is -0.334 e. The van der Waals surface area contributed by atoms with Gasteiger partial charge in [-0.1, -0.05) is 103 Å². The minimum absolute atomic E-state index is 0.291. The molecule has 50 heavy (non-hydrogen) atoms. The number of rotatable bonds is 3. The zero-order valence-electron chi connectivity index (χ0n) is 27.3. The van der Waals surface area contributed by atoms with Crippen LogP contribution in [0.3, 0.4) is 0 Å². The van der Waals surface area contributed by atoms with Gasteiger partial charge in [0.25, 0.3) is 0 Å². The van der Waals surface area contributed by atoms with Gasteiger partial charge in [0.15, 0.2) is 0 Å². The fourth-order valence-corrected chi connectivity index (χ4v) is 9.52. The van der Waals surface area contributed by atoms with Crippen molar-refractivity contribution in [3.8, 4) is 5.69 Å². The third kappa shape index (κ3) is 3.84. The van der Waals surface area contributed by atoms with Gasteiger partial charge in [0, 0.05) is 49.9 Å². The fourth-order valence-electron chi connectivity index (χ4n) is 8.26. The Morgan fingerprint density at radius 2 is 1.14 bits per heavy atom. The maximum atomic E-state index is 5.75. The Balaban J connectivity index is 1.21. The lowest BCUT2D eigenvalue weighted by atomic mass is 10.0. The number of aromatic nitrogens is 2. The third-order valence-corrected chi connectivity index (χ3v) is 11.7. The lowest BCUT2D eigenvalue weighted by Crippen LogP contribution is -2.33. The monoisotopic (exact) mass is 658 g/mol. The number of hydrogen-bond donors (Lipinski definition) is 0. The first-order valence-electron chi connectivity index (χ1n) is 17.1. The van der Waals surface area contributed by atoms with E-state index >= 15 is 0 Å². The summed E-state index contributed by atoms with van der Waals surface area (Å²) in [6.45, 7) is 0. The molecule has 0 bridgehead atoms. The summed E-state index contributed by atoms with van der Waals surface area (Å²) in [7, 11) is 2.21. The predicted octanol–water partition coefficient (Wildman–Crippen LogP) is 11.7. The second-order valence-corrected chi connectivity index (χ2v) is 14.3. The highest BCUT2D eigenvalue weighted by molar-refractivity contribution is 7.22. The fraction of sp³-hybridized carbons (Fsp3) is 0.0444. The average Bonchev–Trinajstić information content (AvgIpc) is 3.82. The van der Waals surface area contributed by atoms with Gasteiger partial charge >= 0.3 is 0 Å². The van der Waals surface area contributed by atoms with Gasteiger partial charge in [-0.3, -0.25) is 0 Å². The van der Waals surface area contributed by atoms with E-state index in [2.05, 4.69) is 179 Å². The molecule has 0 spiro atoms. The summed E-state index contributed by atoms with van der Waals surface area (Å²) < 4.78 is 6.10. The molecule has 0 amide bonds. The second-order valence-electron chi connectivity index (χ2n) is 13.2. The lowest BCUT2D eigenvalue weighted by Gasteiger charge is -2.34. The molecular weight excluding hydrogens is 629 g/mol. The lowest BCUT2D eigenvalue weighted by molar-refractivity contribution is 0.543. The highest BCUT2D eigenvalue weighted by Crippen LogP contribution is 2.47. The Morgan fingerprint density at radius 1 is 0.520 bits per heavy atom. The summed E-state index contributed by atoms with van der Waals surface area (Å²) in [5.41, 5.74) is 9.33. The van der Waals surface area contributed by atoms with Crippen LogP contribution in [-0.4, -0.2) is 21.9 Å². The van der Waals surface area contributed by atoms with Gasteiger partial charge in [-0.25, -0.2) is 4.99 Å². The molecule has 1 atom stereocenters. The van der Waals surface area contributed by atoms with Crippen molar-refractivity contribution < 1.29 is 0 Å². The zero-order valence-corrected chi connectivity index (χ0v) is 28.1. The first-order valence-corrected chi connectivity index (χ1v) is 17.9. The Kier molecular flexibility index (Phi) is 5.78. The summed E-state index contributed by atoms with van der Waals surface area (Å²) in [6.07, 6.45) is -0.291. The zero-order chi connectivity index (χ0) is 32.9. The number of benzene rings is 7. The van der Waals surface area contributed by atoms with E-state index in [9.17, 15) is 0 Å². The molecule has 0 radical (unpaired) electrons. The van der Waals surface area contributed by atoms with Crippen molar-refractivity contribution in [3.05, 3.63) is 168 Å². The molecule has 3 aromatic heterocycles. The molecule has 0 fully saturated rings. The van der Waals surface area contributed by atoms with Crippen LogP contribution >= 0.6 is 11.3 Å². The van der Waals surface area contributed by atoms with Crippen LogP contribution in [0.15, 0.2) is 163 Å². The quantitative estimate of drug-likeness (QED) is 0.185. The van der Waals surface area contributed by atoms with Crippen LogP contribution in [-0.2, 0) is 0 Å². The molecule has 4 nitrogen and oxygen atoms in total. The van der Waals surface area contributed by atoms with Crippen LogP contribution in [0.25, 0.3) is 70.2 Å². The Morgan fingerprint density at radius 3 is 1.96 bits per heavy atom. The molecule has 1 unspecified atom stereocenters. The number of anilines is 1. The Bertz CT molecular complexity index is 3020. The van der Waals surface area contributed by atoms with Crippen molar-refractivity contribution in [2.24, 2.45) is 4.99 Å². The van der Waals surface area contributed by atoms with Crippen molar-refractivity contribution in [2.75, 3.05) is 11.9 Å².